The van der Waals surface area contributed by atoms with Crippen LogP contribution in [0.25, 0.3) is 0 Å². The Hall–Kier alpha value is -0.710. The van der Waals surface area contributed by atoms with Crippen LogP contribution < -0.4 is 0 Å². The Bertz CT molecular complexity index is 222. The van der Waals surface area contributed by atoms with Crippen molar-refractivity contribution >= 4 is 22.8 Å². The van der Waals surface area contributed by atoms with E-state index >= 15 is 0 Å². The van der Waals surface area contributed by atoms with E-state index in [2.05, 4.69) is 8.80 Å². The van der Waals surface area contributed by atoms with Gasteiger partial charge in [0.05, 0.1) is 6.61 Å². The predicted molar refractivity (Wildman–Crippen MR) is 40.3 cm³/mol. The highest BCUT2D eigenvalue weighted by Gasteiger charge is 2.14. The highest BCUT2D eigenvalue weighted by molar-refractivity contribution is 7.83. The van der Waals surface area contributed by atoms with Crippen molar-refractivity contribution < 1.29 is 8.95 Å². The Kier molecular flexibility index (Phi) is 2.16. The molecule has 10 heavy (non-hydrogen) atoms. The zero-order valence-electron chi connectivity index (χ0n) is 5.83. The average Bonchev–Trinajstić information content (AvgIpc) is 2.13. The summed E-state index contributed by atoms with van der Waals surface area (Å²) in [5.74, 6) is 0.404. The fourth-order valence-electron chi connectivity index (χ4n) is 0.581. The smallest absolute Gasteiger partial charge is 0.269 e. The summed E-state index contributed by atoms with van der Waals surface area (Å²) in [4.78, 5) is 0. The van der Waals surface area contributed by atoms with Gasteiger partial charge in [-0.1, -0.05) is 0 Å². The molecule has 1 aliphatic rings. The fraction of sp³-hybridized carbons (Fsp3) is 0.600. The molecule has 0 amide bonds. The molecule has 4 nitrogen and oxygen atoms in total. The van der Waals surface area contributed by atoms with Gasteiger partial charge in [-0.3, -0.25) is 0 Å². The minimum Gasteiger partial charge on any atom is -0.476 e. The Morgan fingerprint density at radius 3 is 2.70 bits per heavy atom. The van der Waals surface area contributed by atoms with Crippen molar-refractivity contribution in [3.63, 3.8) is 0 Å². The maximum Gasteiger partial charge on any atom is 0.269 e. The van der Waals surface area contributed by atoms with E-state index in [4.69, 9.17) is 4.74 Å². The summed E-state index contributed by atoms with van der Waals surface area (Å²) in [6.45, 7) is 4.10. The molecule has 1 rings (SSSR count). The van der Waals surface area contributed by atoms with Gasteiger partial charge in [0.2, 0.25) is 5.90 Å². The van der Waals surface area contributed by atoms with E-state index in [-0.39, 0.29) is 0 Å². The molecule has 0 spiro atoms. The van der Waals surface area contributed by atoms with Crippen LogP contribution in [-0.4, -0.2) is 22.4 Å². The molecule has 5 heteroatoms. The Morgan fingerprint density at radius 1 is 1.60 bits per heavy atom. The van der Waals surface area contributed by atoms with Gasteiger partial charge < -0.3 is 4.74 Å². The molecule has 0 saturated carbocycles. The highest BCUT2D eigenvalue weighted by Crippen LogP contribution is 2.02. The molecule has 0 aromatic heterocycles. The quantitative estimate of drug-likeness (QED) is 0.560. The first kappa shape index (κ1) is 7.40. The second-order valence-corrected chi connectivity index (χ2v) is 2.56. The molecule has 0 bridgehead atoms. The molecule has 0 N–H and O–H groups in total. The lowest BCUT2D eigenvalue weighted by atomic mass is 10.4. The first-order valence-corrected chi connectivity index (χ1v) is 3.99. The number of nitrogens with zero attached hydrogens (tertiary/aromatic N) is 2. The van der Waals surface area contributed by atoms with E-state index in [1.54, 1.807) is 6.92 Å². The third-order valence-electron chi connectivity index (χ3n) is 0.967. The van der Waals surface area contributed by atoms with Crippen molar-refractivity contribution in [1.82, 2.24) is 0 Å². The van der Waals surface area contributed by atoms with Gasteiger partial charge in [0.25, 0.3) is 11.2 Å². The minimum absolute atomic E-state index is 0.404. The van der Waals surface area contributed by atoms with Gasteiger partial charge >= 0.3 is 0 Å². The SMILES string of the molecule is CCOC1=NS(=O)N=C1C. The molecule has 0 radical (unpaired) electrons. The van der Waals surface area contributed by atoms with Gasteiger partial charge in [-0.15, -0.1) is 4.40 Å². The fourth-order valence-corrected chi connectivity index (χ4v) is 1.26. The molecule has 1 aliphatic heterocycles. The molecule has 1 atom stereocenters. The molecule has 0 aromatic rings. The number of rotatable bonds is 1. The van der Waals surface area contributed by atoms with Crippen molar-refractivity contribution in [2.24, 2.45) is 8.80 Å². The van der Waals surface area contributed by atoms with Gasteiger partial charge in [0.15, 0.2) is 0 Å². The molecule has 1 heterocycles. The van der Waals surface area contributed by atoms with Crippen LogP contribution in [-0.2, 0) is 15.9 Å². The summed E-state index contributed by atoms with van der Waals surface area (Å²) in [7, 11) is 0. The lowest BCUT2D eigenvalue weighted by molar-refractivity contribution is 0.335. The molecule has 0 fully saturated rings. The van der Waals surface area contributed by atoms with Crippen molar-refractivity contribution in [2.45, 2.75) is 13.8 Å². The summed E-state index contributed by atoms with van der Waals surface area (Å²) < 4.78 is 22.9. The summed E-state index contributed by atoms with van der Waals surface area (Å²) in [6.07, 6.45) is 0. The summed E-state index contributed by atoms with van der Waals surface area (Å²) in [5.41, 5.74) is 0.611. The van der Waals surface area contributed by atoms with Gasteiger partial charge in [0.1, 0.15) is 5.71 Å². The maximum absolute atomic E-state index is 10.6. The average molecular weight is 160 g/mol. The van der Waals surface area contributed by atoms with Crippen LogP contribution in [0.4, 0.5) is 0 Å². The van der Waals surface area contributed by atoms with E-state index < -0.39 is 11.2 Å². The van der Waals surface area contributed by atoms with Crippen molar-refractivity contribution in [2.75, 3.05) is 6.61 Å². The third-order valence-corrected chi connectivity index (χ3v) is 1.72. The standard InChI is InChI=1S/C5H8N2O2S/c1-3-9-5-4(2)6-10(8)7-5/h3H2,1-2H3. The van der Waals surface area contributed by atoms with Crippen LogP contribution in [0, 0.1) is 0 Å². The Balaban J connectivity index is 2.70. The van der Waals surface area contributed by atoms with Crippen LogP contribution in [0.3, 0.4) is 0 Å². The Morgan fingerprint density at radius 2 is 2.30 bits per heavy atom. The monoisotopic (exact) mass is 160 g/mol. The van der Waals surface area contributed by atoms with Crippen LogP contribution in [0.15, 0.2) is 8.80 Å². The Labute approximate surface area is 61.7 Å². The zero-order valence-corrected chi connectivity index (χ0v) is 6.64. The van der Waals surface area contributed by atoms with Gasteiger partial charge in [0, 0.05) is 0 Å². The maximum atomic E-state index is 10.6. The van der Waals surface area contributed by atoms with E-state index in [1.165, 1.54) is 0 Å². The van der Waals surface area contributed by atoms with Gasteiger partial charge in [-0.05, 0) is 13.8 Å². The summed E-state index contributed by atoms with van der Waals surface area (Å²) >= 11 is -1.43. The van der Waals surface area contributed by atoms with E-state index in [0.717, 1.165) is 0 Å². The third kappa shape index (κ3) is 1.41. The lowest BCUT2D eigenvalue weighted by Crippen LogP contribution is -2.10. The first-order valence-electron chi connectivity index (χ1n) is 2.93. The van der Waals surface area contributed by atoms with Gasteiger partial charge in [-0.2, -0.15) is 4.40 Å². The molecular formula is C5H8N2O2S. The predicted octanol–water partition coefficient (Wildman–Crippen LogP) is 0.475. The molecule has 0 aliphatic carbocycles. The van der Waals surface area contributed by atoms with Crippen molar-refractivity contribution in [3.05, 3.63) is 0 Å². The molecule has 1 unspecified atom stereocenters. The number of hydrogen-bond acceptors (Lipinski definition) is 2. The van der Waals surface area contributed by atoms with Crippen LogP contribution in [0.2, 0.25) is 0 Å². The van der Waals surface area contributed by atoms with Gasteiger partial charge in [-0.25, -0.2) is 4.21 Å². The second-order valence-electron chi connectivity index (χ2n) is 1.74. The first-order chi connectivity index (χ1) is 4.74. The summed E-state index contributed by atoms with van der Waals surface area (Å²) in [6, 6.07) is 0. The van der Waals surface area contributed by atoms with E-state index in [0.29, 0.717) is 18.2 Å². The van der Waals surface area contributed by atoms with Crippen molar-refractivity contribution in [1.29, 1.82) is 0 Å². The van der Waals surface area contributed by atoms with Crippen LogP contribution in [0.5, 0.6) is 0 Å². The molecule has 0 aromatic carbocycles. The number of hydrogen-bond donors (Lipinski definition) is 0. The molecular weight excluding hydrogens is 152 g/mol. The second kappa shape index (κ2) is 2.92. The lowest BCUT2D eigenvalue weighted by Gasteiger charge is -1.97. The largest absolute Gasteiger partial charge is 0.476 e. The minimum atomic E-state index is -1.43. The van der Waals surface area contributed by atoms with Crippen LogP contribution in [0.1, 0.15) is 13.8 Å². The van der Waals surface area contributed by atoms with Crippen LogP contribution >= 0.6 is 0 Å². The van der Waals surface area contributed by atoms with E-state index in [9.17, 15) is 4.21 Å². The van der Waals surface area contributed by atoms with E-state index in [1.807, 2.05) is 6.92 Å². The number of ether oxygens (including phenoxy) is 1. The zero-order chi connectivity index (χ0) is 7.56. The molecule has 56 valence electrons. The topological polar surface area (TPSA) is 51.0 Å². The molecule has 0 saturated heterocycles. The van der Waals surface area contributed by atoms with Crippen molar-refractivity contribution in [3.8, 4) is 0 Å². The highest BCUT2D eigenvalue weighted by atomic mass is 32.2. The summed E-state index contributed by atoms with van der Waals surface area (Å²) in [5, 5.41) is 0. The normalized spacial score (nSPS) is 24.0.